The number of likely N-dealkylation sites (tertiary alicyclic amines) is 1. The van der Waals surface area contributed by atoms with Crippen LogP contribution in [-0.4, -0.2) is 36.3 Å². The minimum absolute atomic E-state index is 0.0165. The minimum atomic E-state index is -0.175. The van der Waals surface area contributed by atoms with Crippen molar-refractivity contribution in [1.29, 1.82) is 0 Å². The number of hydrogen-bond donors (Lipinski definition) is 3. The van der Waals surface area contributed by atoms with Gasteiger partial charge in [-0.3, -0.25) is 15.4 Å². The zero-order valence-corrected chi connectivity index (χ0v) is 11.8. The molecule has 6 heteroatoms. The van der Waals surface area contributed by atoms with E-state index in [-0.39, 0.29) is 17.9 Å². The number of aryl methyl sites for hydroxylation is 1. The summed E-state index contributed by atoms with van der Waals surface area (Å²) in [6.07, 6.45) is 1.14. The van der Waals surface area contributed by atoms with E-state index < -0.39 is 0 Å². The van der Waals surface area contributed by atoms with Crippen LogP contribution < -0.4 is 16.6 Å². The molecule has 0 spiro atoms. The highest BCUT2D eigenvalue weighted by Gasteiger charge is 2.24. The van der Waals surface area contributed by atoms with Crippen LogP contribution in [0.2, 0.25) is 0 Å². The molecule has 2 rings (SSSR count). The van der Waals surface area contributed by atoms with Crippen LogP contribution in [0.3, 0.4) is 0 Å². The minimum Gasteiger partial charge on any atom is -0.347 e. The molecule has 0 radical (unpaired) electrons. The van der Waals surface area contributed by atoms with Gasteiger partial charge in [0.1, 0.15) is 0 Å². The number of anilines is 1. The standard InChI is InChI=1S/C14H20N4O2/c1-9-3-5-11(12(7-9)17-15)14(20)16-10-4-6-13(19)18(2)8-10/h3,5,7,10,17H,4,6,8,15H2,1-2H3,(H,16,20). The number of nitrogens with zero attached hydrogens (tertiary/aromatic N) is 1. The fourth-order valence-corrected chi connectivity index (χ4v) is 2.37. The van der Waals surface area contributed by atoms with Gasteiger partial charge < -0.3 is 15.6 Å². The maximum atomic E-state index is 12.3. The number of hydrazine groups is 1. The van der Waals surface area contributed by atoms with E-state index in [1.54, 1.807) is 18.0 Å². The van der Waals surface area contributed by atoms with Crippen LogP contribution in [0.15, 0.2) is 18.2 Å². The van der Waals surface area contributed by atoms with Crippen molar-refractivity contribution in [2.24, 2.45) is 5.84 Å². The second-order valence-corrected chi connectivity index (χ2v) is 5.18. The molecular weight excluding hydrogens is 256 g/mol. The molecule has 0 saturated carbocycles. The molecule has 1 aromatic rings. The molecule has 20 heavy (non-hydrogen) atoms. The van der Waals surface area contributed by atoms with Crippen LogP contribution in [0.5, 0.6) is 0 Å². The third-order valence-electron chi connectivity index (χ3n) is 3.54. The molecule has 1 aromatic carbocycles. The van der Waals surface area contributed by atoms with E-state index in [1.807, 2.05) is 19.1 Å². The molecule has 1 unspecified atom stereocenters. The number of nitrogens with two attached hydrogens (primary N) is 1. The van der Waals surface area contributed by atoms with Gasteiger partial charge in [-0.15, -0.1) is 0 Å². The Morgan fingerprint density at radius 2 is 2.20 bits per heavy atom. The zero-order chi connectivity index (χ0) is 14.7. The summed E-state index contributed by atoms with van der Waals surface area (Å²) in [6.45, 7) is 2.48. The van der Waals surface area contributed by atoms with Crippen molar-refractivity contribution in [1.82, 2.24) is 10.2 Å². The number of carbonyl (C=O) groups is 2. The smallest absolute Gasteiger partial charge is 0.253 e. The van der Waals surface area contributed by atoms with Gasteiger partial charge in [0, 0.05) is 26.1 Å². The first-order valence-electron chi connectivity index (χ1n) is 6.63. The van der Waals surface area contributed by atoms with Gasteiger partial charge in [-0.25, -0.2) is 0 Å². The number of carbonyl (C=O) groups excluding carboxylic acids is 2. The van der Waals surface area contributed by atoms with Gasteiger partial charge in [-0.2, -0.15) is 0 Å². The van der Waals surface area contributed by atoms with Crippen LogP contribution in [0, 0.1) is 6.92 Å². The van der Waals surface area contributed by atoms with Crippen LogP contribution in [0.4, 0.5) is 5.69 Å². The van der Waals surface area contributed by atoms with E-state index in [1.165, 1.54) is 0 Å². The molecule has 0 bridgehead atoms. The van der Waals surface area contributed by atoms with Gasteiger partial charge in [0.25, 0.3) is 5.91 Å². The largest absolute Gasteiger partial charge is 0.347 e. The molecule has 1 fully saturated rings. The van der Waals surface area contributed by atoms with Crippen LogP contribution in [-0.2, 0) is 4.79 Å². The Morgan fingerprint density at radius 3 is 2.85 bits per heavy atom. The van der Waals surface area contributed by atoms with Crippen molar-refractivity contribution < 1.29 is 9.59 Å². The predicted octanol–water partition coefficient (Wildman–Crippen LogP) is 0.631. The summed E-state index contributed by atoms with van der Waals surface area (Å²) in [5, 5.41) is 2.95. The molecule has 108 valence electrons. The van der Waals surface area contributed by atoms with Crippen molar-refractivity contribution in [3.05, 3.63) is 29.3 Å². The monoisotopic (exact) mass is 276 g/mol. The SMILES string of the molecule is Cc1ccc(C(=O)NC2CCC(=O)N(C)C2)c(NN)c1. The molecule has 0 aliphatic carbocycles. The summed E-state index contributed by atoms with van der Waals surface area (Å²) < 4.78 is 0. The predicted molar refractivity (Wildman–Crippen MR) is 77.1 cm³/mol. The Morgan fingerprint density at radius 1 is 1.45 bits per heavy atom. The quantitative estimate of drug-likeness (QED) is 0.558. The van der Waals surface area contributed by atoms with Crippen LogP contribution in [0.1, 0.15) is 28.8 Å². The fraction of sp³-hybridized carbons (Fsp3) is 0.429. The maximum absolute atomic E-state index is 12.3. The van der Waals surface area contributed by atoms with E-state index in [9.17, 15) is 9.59 Å². The molecule has 1 saturated heterocycles. The molecule has 1 aliphatic heterocycles. The van der Waals surface area contributed by atoms with E-state index in [4.69, 9.17) is 5.84 Å². The van der Waals surface area contributed by atoms with Crippen LogP contribution >= 0.6 is 0 Å². The zero-order valence-electron chi connectivity index (χ0n) is 11.8. The van der Waals surface area contributed by atoms with Gasteiger partial charge in [0.05, 0.1) is 11.3 Å². The number of nitrogens with one attached hydrogen (secondary N) is 2. The number of benzene rings is 1. The fourth-order valence-electron chi connectivity index (χ4n) is 2.37. The highest BCUT2D eigenvalue weighted by atomic mass is 16.2. The van der Waals surface area contributed by atoms with Crippen molar-refractivity contribution in [3.8, 4) is 0 Å². The van der Waals surface area contributed by atoms with E-state index in [0.29, 0.717) is 30.6 Å². The molecular formula is C14H20N4O2. The second-order valence-electron chi connectivity index (χ2n) is 5.18. The lowest BCUT2D eigenvalue weighted by atomic mass is 10.0. The Labute approximate surface area is 118 Å². The Hall–Kier alpha value is -2.08. The summed E-state index contributed by atoms with van der Waals surface area (Å²) in [4.78, 5) is 25.3. The third kappa shape index (κ3) is 3.08. The normalized spacial score (nSPS) is 18.9. The van der Waals surface area contributed by atoms with Crippen molar-refractivity contribution >= 4 is 17.5 Å². The average molecular weight is 276 g/mol. The van der Waals surface area contributed by atoms with Gasteiger partial charge in [-0.05, 0) is 31.0 Å². The Kier molecular flexibility index (Phi) is 4.24. The number of hydrogen-bond acceptors (Lipinski definition) is 4. The number of amides is 2. The number of rotatable bonds is 3. The number of likely N-dealkylation sites (N-methyl/N-ethyl adjacent to an activating group) is 1. The molecule has 1 aliphatic rings. The summed E-state index contributed by atoms with van der Waals surface area (Å²) in [7, 11) is 1.75. The highest BCUT2D eigenvalue weighted by molar-refractivity contribution is 6.00. The van der Waals surface area contributed by atoms with Crippen LogP contribution in [0.25, 0.3) is 0 Å². The van der Waals surface area contributed by atoms with E-state index >= 15 is 0 Å². The lowest BCUT2D eigenvalue weighted by Crippen LogP contribution is -2.48. The summed E-state index contributed by atoms with van der Waals surface area (Å²) in [5.74, 6) is 5.39. The summed E-state index contributed by atoms with van der Waals surface area (Å²) >= 11 is 0. The lowest BCUT2D eigenvalue weighted by Gasteiger charge is -2.30. The topological polar surface area (TPSA) is 87.5 Å². The van der Waals surface area contributed by atoms with Gasteiger partial charge in [0.15, 0.2) is 0 Å². The van der Waals surface area contributed by atoms with Crippen molar-refractivity contribution in [2.75, 3.05) is 19.0 Å². The number of nitrogen functional groups attached to an aromatic ring is 1. The Balaban J connectivity index is 2.07. The summed E-state index contributed by atoms with van der Waals surface area (Å²) in [5.41, 5.74) is 4.68. The Bertz CT molecular complexity index is 530. The first-order valence-corrected chi connectivity index (χ1v) is 6.63. The molecule has 0 aromatic heterocycles. The maximum Gasteiger partial charge on any atom is 0.253 e. The molecule has 1 atom stereocenters. The molecule has 4 N–H and O–H groups in total. The molecule has 6 nitrogen and oxygen atoms in total. The molecule has 2 amide bonds. The first kappa shape index (κ1) is 14.3. The first-order chi connectivity index (χ1) is 9.51. The van der Waals surface area contributed by atoms with Gasteiger partial charge >= 0.3 is 0 Å². The van der Waals surface area contributed by atoms with E-state index in [2.05, 4.69) is 10.7 Å². The summed E-state index contributed by atoms with van der Waals surface area (Å²) in [6, 6.07) is 5.42. The van der Waals surface area contributed by atoms with Crippen molar-refractivity contribution in [2.45, 2.75) is 25.8 Å². The van der Waals surface area contributed by atoms with Gasteiger partial charge in [0.2, 0.25) is 5.91 Å². The number of piperidine rings is 1. The second kappa shape index (κ2) is 5.92. The van der Waals surface area contributed by atoms with Gasteiger partial charge in [-0.1, -0.05) is 6.07 Å². The average Bonchev–Trinajstić information content (AvgIpc) is 2.42. The van der Waals surface area contributed by atoms with E-state index in [0.717, 1.165) is 5.56 Å². The molecule has 1 heterocycles. The lowest BCUT2D eigenvalue weighted by molar-refractivity contribution is -0.132. The third-order valence-corrected chi connectivity index (χ3v) is 3.54. The van der Waals surface area contributed by atoms with Crippen molar-refractivity contribution in [3.63, 3.8) is 0 Å². The highest BCUT2D eigenvalue weighted by Crippen LogP contribution is 2.17.